The number of hydrogen-bond donors (Lipinski definition) is 0. The third-order valence-electron chi connectivity index (χ3n) is 4.08. The van der Waals surface area contributed by atoms with Crippen molar-refractivity contribution in [1.29, 1.82) is 0 Å². The van der Waals surface area contributed by atoms with Gasteiger partial charge < -0.3 is 14.5 Å². The molecule has 1 heterocycles. The van der Waals surface area contributed by atoms with Gasteiger partial charge >= 0.3 is 6.09 Å². The van der Waals surface area contributed by atoms with E-state index < -0.39 is 17.9 Å². The highest BCUT2D eigenvalue weighted by atomic mass is 19.1. The van der Waals surface area contributed by atoms with Crippen molar-refractivity contribution in [2.75, 3.05) is 13.1 Å². The maximum Gasteiger partial charge on any atom is 0.410 e. The Hall–Kier alpha value is -2.11. The first-order valence-corrected chi connectivity index (χ1v) is 8.59. The first-order valence-electron chi connectivity index (χ1n) is 8.59. The van der Waals surface area contributed by atoms with Crippen LogP contribution in [0.1, 0.15) is 39.7 Å². The zero-order valence-corrected chi connectivity index (χ0v) is 15.4. The summed E-state index contributed by atoms with van der Waals surface area (Å²) in [6.45, 7) is 7.57. The molecule has 1 saturated heterocycles. The van der Waals surface area contributed by atoms with E-state index in [1.807, 2.05) is 30.3 Å². The molecular weight excluding hydrogens is 323 g/mol. The molecule has 1 fully saturated rings. The van der Waals surface area contributed by atoms with Crippen molar-refractivity contribution in [3.8, 4) is 0 Å². The molecule has 1 aromatic rings. The third-order valence-corrected chi connectivity index (χ3v) is 4.08. The Kier molecular flexibility index (Phi) is 6.03. The number of likely N-dealkylation sites (tertiary alicyclic amines) is 1. The van der Waals surface area contributed by atoms with Gasteiger partial charge in [0.2, 0.25) is 5.91 Å². The minimum atomic E-state index is -1.09. The van der Waals surface area contributed by atoms with E-state index >= 15 is 0 Å². The number of ether oxygens (including phenoxy) is 1. The highest BCUT2D eigenvalue weighted by Crippen LogP contribution is 2.24. The number of rotatable bonds is 4. The summed E-state index contributed by atoms with van der Waals surface area (Å²) in [5, 5.41) is 0. The molecule has 6 heteroatoms. The lowest BCUT2D eigenvalue weighted by Gasteiger charge is -2.31. The molecule has 2 atom stereocenters. The molecule has 25 heavy (non-hydrogen) atoms. The van der Waals surface area contributed by atoms with E-state index in [1.54, 1.807) is 25.7 Å². The average molecular weight is 350 g/mol. The summed E-state index contributed by atoms with van der Waals surface area (Å²) >= 11 is 0. The van der Waals surface area contributed by atoms with Crippen LogP contribution in [0.2, 0.25) is 0 Å². The summed E-state index contributed by atoms with van der Waals surface area (Å²) in [5.41, 5.74) is 0.358. The van der Waals surface area contributed by atoms with Crippen molar-refractivity contribution >= 4 is 12.0 Å². The number of carbonyl (C=O) groups excluding carboxylic acids is 2. The van der Waals surface area contributed by atoms with Gasteiger partial charge in [0.25, 0.3) is 0 Å². The second-order valence-electron chi connectivity index (χ2n) is 7.50. The zero-order chi connectivity index (χ0) is 18.6. The molecule has 1 aliphatic heterocycles. The lowest BCUT2D eigenvalue weighted by molar-refractivity contribution is -0.130. The minimum Gasteiger partial charge on any atom is -0.444 e. The zero-order valence-electron chi connectivity index (χ0n) is 15.4. The van der Waals surface area contributed by atoms with Crippen molar-refractivity contribution in [3.05, 3.63) is 35.9 Å². The number of amides is 2. The molecule has 1 aromatic carbocycles. The van der Waals surface area contributed by atoms with E-state index in [-0.39, 0.29) is 24.9 Å². The van der Waals surface area contributed by atoms with E-state index in [0.29, 0.717) is 13.1 Å². The Morgan fingerprint density at radius 1 is 1.28 bits per heavy atom. The molecule has 2 rings (SSSR count). The van der Waals surface area contributed by atoms with Gasteiger partial charge in [0.15, 0.2) is 0 Å². The topological polar surface area (TPSA) is 49.9 Å². The number of carbonyl (C=O) groups is 2. The SMILES string of the molecule is CC(=O)N(Cc1ccccc1)C[C@@H]1C[C@H](F)CN1C(=O)OC(C)(C)C. The largest absolute Gasteiger partial charge is 0.444 e. The van der Waals surface area contributed by atoms with E-state index in [2.05, 4.69) is 0 Å². The number of halogens is 1. The molecule has 138 valence electrons. The van der Waals surface area contributed by atoms with Crippen LogP contribution in [0.3, 0.4) is 0 Å². The second kappa shape index (κ2) is 7.85. The predicted molar refractivity (Wildman–Crippen MR) is 93.8 cm³/mol. The van der Waals surface area contributed by atoms with Gasteiger partial charge in [-0.15, -0.1) is 0 Å². The Bertz CT molecular complexity index is 600. The standard InChI is InChI=1S/C19H27FN2O3/c1-14(23)21(11-15-8-6-5-7-9-15)13-17-10-16(20)12-22(17)18(24)25-19(2,3)4/h5-9,16-17H,10-13H2,1-4H3/t16-,17-/m0/s1. The Labute approximate surface area is 148 Å². The van der Waals surface area contributed by atoms with Gasteiger partial charge in [-0.25, -0.2) is 9.18 Å². The summed E-state index contributed by atoms with van der Waals surface area (Å²) in [6, 6.07) is 9.23. The maximum absolute atomic E-state index is 13.9. The van der Waals surface area contributed by atoms with E-state index in [1.165, 1.54) is 11.8 Å². The molecule has 0 aromatic heterocycles. The highest BCUT2D eigenvalue weighted by molar-refractivity contribution is 5.73. The monoisotopic (exact) mass is 350 g/mol. The van der Waals surface area contributed by atoms with E-state index in [0.717, 1.165) is 5.56 Å². The van der Waals surface area contributed by atoms with Crippen LogP contribution in [0.4, 0.5) is 9.18 Å². The lowest BCUT2D eigenvalue weighted by Crippen LogP contribution is -2.46. The van der Waals surface area contributed by atoms with Crippen LogP contribution in [-0.2, 0) is 16.1 Å². The predicted octanol–water partition coefficient (Wildman–Crippen LogP) is 3.38. The lowest BCUT2D eigenvalue weighted by atomic mass is 10.1. The first kappa shape index (κ1) is 19.2. The molecule has 0 N–H and O–H groups in total. The van der Waals surface area contributed by atoms with E-state index in [9.17, 15) is 14.0 Å². The van der Waals surface area contributed by atoms with Crippen LogP contribution in [0.25, 0.3) is 0 Å². The Balaban J connectivity index is 2.08. The van der Waals surface area contributed by atoms with Gasteiger partial charge in [-0.2, -0.15) is 0 Å². The number of benzene rings is 1. The van der Waals surface area contributed by atoms with Gasteiger partial charge in [0.1, 0.15) is 11.8 Å². The van der Waals surface area contributed by atoms with Crippen LogP contribution >= 0.6 is 0 Å². The van der Waals surface area contributed by atoms with Crippen LogP contribution in [0, 0.1) is 0 Å². The molecule has 0 aliphatic carbocycles. The Morgan fingerprint density at radius 2 is 1.92 bits per heavy atom. The fourth-order valence-electron chi connectivity index (χ4n) is 2.94. The molecule has 2 amide bonds. The fraction of sp³-hybridized carbons (Fsp3) is 0.579. The molecule has 0 bridgehead atoms. The van der Waals surface area contributed by atoms with Crippen molar-refractivity contribution in [2.24, 2.45) is 0 Å². The van der Waals surface area contributed by atoms with Crippen molar-refractivity contribution in [3.63, 3.8) is 0 Å². The third kappa shape index (κ3) is 5.73. The fourth-order valence-corrected chi connectivity index (χ4v) is 2.94. The molecule has 0 saturated carbocycles. The highest BCUT2D eigenvalue weighted by Gasteiger charge is 2.38. The van der Waals surface area contributed by atoms with Crippen molar-refractivity contribution in [2.45, 2.75) is 58.5 Å². The normalized spacial score (nSPS) is 20.4. The summed E-state index contributed by atoms with van der Waals surface area (Å²) in [5.74, 6) is -0.102. The smallest absolute Gasteiger partial charge is 0.410 e. The summed E-state index contributed by atoms with van der Waals surface area (Å²) < 4.78 is 19.3. The van der Waals surface area contributed by atoms with Gasteiger partial charge in [-0.1, -0.05) is 30.3 Å². The van der Waals surface area contributed by atoms with Crippen LogP contribution in [0.5, 0.6) is 0 Å². The number of hydrogen-bond acceptors (Lipinski definition) is 3. The van der Waals surface area contributed by atoms with Crippen LogP contribution in [-0.4, -0.2) is 52.7 Å². The van der Waals surface area contributed by atoms with E-state index in [4.69, 9.17) is 4.74 Å². The second-order valence-corrected chi connectivity index (χ2v) is 7.50. The van der Waals surface area contributed by atoms with Gasteiger partial charge in [-0.05, 0) is 26.3 Å². The molecule has 0 spiro atoms. The average Bonchev–Trinajstić information content (AvgIpc) is 2.86. The molecule has 1 aliphatic rings. The molecule has 5 nitrogen and oxygen atoms in total. The minimum absolute atomic E-state index is 0.0106. The summed E-state index contributed by atoms with van der Waals surface area (Å²) in [7, 11) is 0. The van der Waals surface area contributed by atoms with Gasteiger partial charge in [0, 0.05) is 26.4 Å². The first-order chi connectivity index (χ1) is 11.7. The molecule has 0 unspecified atom stereocenters. The molecule has 0 radical (unpaired) electrons. The quantitative estimate of drug-likeness (QED) is 0.836. The number of nitrogens with zero attached hydrogens (tertiary/aromatic N) is 2. The van der Waals surface area contributed by atoms with Crippen LogP contribution < -0.4 is 0 Å². The van der Waals surface area contributed by atoms with Crippen molar-refractivity contribution < 1.29 is 18.7 Å². The Morgan fingerprint density at radius 3 is 2.48 bits per heavy atom. The van der Waals surface area contributed by atoms with Crippen molar-refractivity contribution in [1.82, 2.24) is 9.80 Å². The number of alkyl halides is 1. The van der Waals surface area contributed by atoms with Crippen LogP contribution in [0.15, 0.2) is 30.3 Å². The summed E-state index contributed by atoms with van der Waals surface area (Å²) in [6.07, 6.45) is -1.40. The van der Waals surface area contributed by atoms with Gasteiger partial charge in [0.05, 0.1) is 12.6 Å². The molecular formula is C19H27FN2O3. The maximum atomic E-state index is 13.9. The van der Waals surface area contributed by atoms with Gasteiger partial charge in [-0.3, -0.25) is 4.79 Å². The summed E-state index contributed by atoms with van der Waals surface area (Å²) in [4.78, 5) is 27.4.